The third-order valence-electron chi connectivity index (χ3n) is 4.65. The van der Waals surface area contributed by atoms with Crippen LogP contribution < -0.4 is 0 Å². The van der Waals surface area contributed by atoms with Gasteiger partial charge in [-0.25, -0.2) is 9.79 Å². The Kier molecular flexibility index (Phi) is 6.16. The molecule has 1 N–H and O–H groups in total. The van der Waals surface area contributed by atoms with Crippen molar-refractivity contribution in [2.24, 2.45) is 4.99 Å². The first kappa shape index (κ1) is 22.5. The molecule has 3 aromatic rings. The summed E-state index contributed by atoms with van der Waals surface area (Å²) in [5.41, 5.74) is 1.11. The van der Waals surface area contributed by atoms with E-state index < -0.39 is 10.9 Å². The Morgan fingerprint density at radius 1 is 1.24 bits per heavy atom. The fraction of sp³-hybridized carbons (Fsp3) is 0.0455. The maximum Gasteiger partial charge on any atom is 0.335 e. The Labute approximate surface area is 199 Å². The predicted molar refractivity (Wildman–Crippen MR) is 127 cm³/mol. The lowest BCUT2D eigenvalue weighted by atomic mass is 10.1. The molecule has 33 heavy (non-hydrogen) atoms. The number of benzene rings is 2. The van der Waals surface area contributed by atoms with Crippen molar-refractivity contribution in [2.75, 3.05) is 7.05 Å². The van der Waals surface area contributed by atoms with Crippen molar-refractivity contribution < 1.29 is 24.0 Å². The fourth-order valence-corrected chi connectivity index (χ4v) is 4.52. The van der Waals surface area contributed by atoms with E-state index in [1.54, 1.807) is 43.5 Å². The van der Waals surface area contributed by atoms with Gasteiger partial charge < -0.3 is 9.52 Å². The summed E-state index contributed by atoms with van der Waals surface area (Å²) < 4.78 is 6.34. The molecule has 2 aromatic carbocycles. The molecule has 1 amide bonds. The highest BCUT2D eigenvalue weighted by molar-refractivity contribution is 9.10. The average molecular weight is 528 g/mol. The number of carboxylic acid groups (broad SMARTS) is 1. The molecule has 1 fully saturated rings. The van der Waals surface area contributed by atoms with Gasteiger partial charge in [0.1, 0.15) is 11.5 Å². The normalized spacial score (nSPS) is 16.1. The van der Waals surface area contributed by atoms with E-state index in [1.807, 2.05) is 0 Å². The van der Waals surface area contributed by atoms with E-state index >= 15 is 0 Å². The number of nitro groups is 1. The number of thioether (sulfide) groups is 1. The molecule has 2 heterocycles. The maximum absolute atomic E-state index is 12.7. The number of nitro benzene ring substituents is 1. The van der Waals surface area contributed by atoms with Crippen LogP contribution in [0.5, 0.6) is 0 Å². The van der Waals surface area contributed by atoms with Gasteiger partial charge in [0.15, 0.2) is 5.17 Å². The molecule has 0 unspecified atom stereocenters. The number of non-ortho nitro benzene ring substituents is 1. The molecule has 1 aliphatic heterocycles. The fourth-order valence-electron chi connectivity index (χ4n) is 2.99. The number of amides is 1. The van der Waals surface area contributed by atoms with Gasteiger partial charge in [0.2, 0.25) is 0 Å². The summed E-state index contributed by atoms with van der Waals surface area (Å²) in [6.07, 6.45) is 1.59. The highest BCUT2D eigenvalue weighted by Gasteiger charge is 2.30. The molecular weight excluding hydrogens is 514 g/mol. The summed E-state index contributed by atoms with van der Waals surface area (Å²) in [6.45, 7) is 0. The van der Waals surface area contributed by atoms with E-state index in [1.165, 1.54) is 29.2 Å². The standard InChI is InChI=1S/C22H14BrN3O6S/c1-25-20(27)19(33-22(25)24-13-4-2-3-12(9-13)21(28)29)11-15-6-8-18(32-15)16-7-5-14(26(30)31)10-17(16)23/h2-11H,1H3,(H,28,29). The summed E-state index contributed by atoms with van der Waals surface area (Å²) >= 11 is 4.46. The average Bonchev–Trinajstić information content (AvgIpc) is 3.34. The molecule has 0 aliphatic carbocycles. The van der Waals surface area contributed by atoms with Gasteiger partial charge in [-0.15, -0.1) is 0 Å². The van der Waals surface area contributed by atoms with Crippen molar-refractivity contribution in [3.63, 3.8) is 0 Å². The maximum atomic E-state index is 12.7. The molecule has 166 valence electrons. The largest absolute Gasteiger partial charge is 0.478 e. The zero-order chi connectivity index (χ0) is 23.7. The minimum atomic E-state index is -1.06. The minimum absolute atomic E-state index is 0.0452. The second kappa shape index (κ2) is 9.04. The Morgan fingerprint density at radius 2 is 2.03 bits per heavy atom. The number of halogens is 1. The Morgan fingerprint density at radius 3 is 2.73 bits per heavy atom. The van der Waals surface area contributed by atoms with E-state index in [0.717, 1.165) is 11.8 Å². The van der Waals surface area contributed by atoms with Crippen LogP contribution in [0.25, 0.3) is 17.4 Å². The zero-order valence-electron chi connectivity index (χ0n) is 16.9. The molecule has 1 aromatic heterocycles. The summed E-state index contributed by atoms with van der Waals surface area (Å²) in [5.74, 6) is -0.433. The van der Waals surface area contributed by atoms with Gasteiger partial charge in [0.05, 0.1) is 21.1 Å². The second-order valence-corrected chi connectivity index (χ2v) is 8.71. The van der Waals surface area contributed by atoms with Crippen LogP contribution in [0.3, 0.4) is 0 Å². The molecule has 0 radical (unpaired) electrons. The Balaban J connectivity index is 1.59. The van der Waals surface area contributed by atoms with Crippen molar-refractivity contribution in [3.8, 4) is 11.3 Å². The number of amidine groups is 1. The van der Waals surface area contributed by atoms with Crippen LogP contribution in [0.2, 0.25) is 0 Å². The van der Waals surface area contributed by atoms with Gasteiger partial charge in [-0.05, 0) is 64.1 Å². The monoisotopic (exact) mass is 527 g/mol. The van der Waals surface area contributed by atoms with E-state index in [-0.39, 0.29) is 17.2 Å². The van der Waals surface area contributed by atoms with Gasteiger partial charge in [-0.3, -0.25) is 19.8 Å². The molecule has 0 atom stereocenters. The van der Waals surface area contributed by atoms with E-state index in [2.05, 4.69) is 20.9 Å². The van der Waals surface area contributed by atoms with E-state index in [0.29, 0.717) is 37.3 Å². The van der Waals surface area contributed by atoms with Gasteiger partial charge >= 0.3 is 5.97 Å². The van der Waals surface area contributed by atoms with Gasteiger partial charge in [-0.1, -0.05) is 6.07 Å². The Hall–Kier alpha value is -3.70. The van der Waals surface area contributed by atoms with Gasteiger partial charge in [0.25, 0.3) is 11.6 Å². The van der Waals surface area contributed by atoms with Crippen molar-refractivity contribution >= 4 is 62.2 Å². The molecule has 4 rings (SSSR count). The van der Waals surface area contributed by atoms with Crippen LogP contribution in [0.1, 0.15) is 16.1 Å². The molecule has 0 saturated carbocycles. The summed E-state index contributed by atoms with van der Waals surface area (Å²) in [5, 5.41) is 20.5. The lowest BCUT2D eigenvalue weighted by Gasteiger charge is -2.07. The first-order chi connectivity index (χ1) is 15.7. The SMILES string of the molecule is CN1C(=O)C(=Cc2ccc(-c3ccc([N+](=O)[O-])cc3Br)o2)SC1=Nc1cccc(C(=O)O)c1. The smallest absolute Gasteiger partial charge is 0.335 e. The van der Waals surface area contributed by atoms with Crippen LogP contribution >= 0.6 is 27.7 Å². The first-order valence-corrected chi connectivity index (χ1v) is 11.0. The Bertz CT molecular complexity index is 1360. The van der Waals surface area contributed by atoms with Crippen LogP contribution in [0, 0.1) is 10.1 Å². The summed E-state index contributed by atoms with van der Waals surface area (Å²) in [7, 11) is 1.58. The number of aromatic carboxylic acids is 1. The highest BCUT2D eigenvalue weighted by Crippen LogP contribution is 2.36. The third-order valence-corrected chi connectivity index (χ3v) is 6.37. The van der Waals surface area contributed by atoms with Crippen molar-refractivity contribution in [3.05, 3.63) is 85.4 Å². The van der Waals surface area contributed by atoms with Crippen LogP contribution in [-0.2, 0) is 4.79 Å². The van der Waals surface area contributed by atoms with Crippen LogP contribution in [0.15, 0.2) is 73.4 Å². The number of hydrogen-bond acceptors (Lipinski definition) is 7. The lowest BCUT2D eigenvalue weighted by Crippen LogP contribution is -2.23. The van der Waals surface area contributed by atoms with Crippen LogP contribution in [-0.4, -0.2) is 39.0 Å². The number of hydrogen-bond donors (Lipinski definition) is 1. The van der Waals surface area contributed by atoms with Crippen molar-refractivity contribution in [2.45, 2.75) is 0 Å². The van der Waals surface area contributed by atoms with Crippen molar-refractivity contribution in [1.29, 1.82) is 0 Å². The lowest BCUT2D eigenvalue weighted by molar-refractivity contribution is -0.384. The van der Waals surface area contributed by atoms with E-state index in [9.17, 15) is 19.7 Å². The number of carboxylic acids is 1. The number of nitrogens with zero attached hydrogens (tertiary/aromatic N) is 3. The highest BCUT2D eigenvalue weighted by atomic mass is 79.9. The number of furan rings is 1. The molecule has 11 heteroatoms. The van der Waals surface area contributed by atoms with E-state index in [4.69, 9.17) is 9.52 Å². The zero-order valence-corrected chi connectivity index (χ0v) is 19.3. The van der Waals surface area contributed by atoms with Gasteiger partial charge in [0, 0.05) is 35.3 Å². The first-order valence-electron chi connectivity index (χ1n) is 9.37. The third kappa shape index (κ3) is 4.73. The number of carbonyl (C=O) groups is 2. The molecule has 1 aliphatic rings. The summed E-state index contributed by atoms with van der Waals surface area (Å²) in [6, 6.07) is 13.9. The number of carbonyl (C=O) groups excluding carboxylic acids is 1. The molecule has 0 spiro atoms. The molecule has 9 nitrogen and oxygen atoms in total. The number of likely N-dealkylation sites (N-methyl/N-ethyl adjacent to an activating group) is 1. The number of aliphatic imine (C=N–C) groups is 1. The minimum Gasteiger partial charge on any atom is -0.478 e. The van der Waals surface area contributed by atoms with Crippen molar-refractivity contribution in [1.82, 2.24) is 4.90 Å². The van der Waals surface area contributed by atoms with Gasteiger partial charge in [-0.2, -0.15) is 0 Å². The topological polar surface area (TPSA) is 126 Å². The second-order valence-electron chi connectivity index (χ2n) is 6.85. The summed E-state index contributed by atoms with van der Waals surface area (Å²) in [4.78, 5) is 40.4. The number of rotatable bonds is 5. The van der Waals surface area contributed by atoms with Crippen LogP contribution in [0.4, 0.5) is 11.4 Å². The predicted octanol–water partition coefficient (Wildman–Crippen LogP) is 5.55. The molecule has 1 saturated heterocycles. The quantitative estimate of drug-likeness (QED) is 0.261. The molecular formula is C22H14BrN3O6S. The molecule has 0 bridgehead atoms.